The highest BCUT2D eigenvalue weighted by Crippen LogP contribution is 2.11. The third-order valence-electron chi connectivity index (χ3n) is 1.77. The summed E-state index contributed by atoms with van der Waals surface area (Å²) in [6.45, 7) is 5.87. The lowest BCUT2D eigenvalue weighted by molar-refractivity contribution is 0.195. The van der Waals surface area contributed by atoms with E-state index in [1.807, 2.05) is 20.8 Å². The van der Waals surface area contributed by atoms with Crippen LogP contribution in [0.15, 0.2) is 6.07 Å². The summed E-state index contributed by atoms with van der Waals surface area (Å²) in [5, 5.41) is 9.13. The van der Waals surface area contributed by atoms with Crippen molar-refractivity contribution in [1.29, 1.82) is 0 Å². The Morgan fingerprint density at radius 2 is 2.18 bits per heavy atom. The first-order chi connectivity index (χ1) is 5.09. The smallest absolute Gasteiger partial charge is 0.0553 e. The maximum Gasteiger partial charge on any atom is 0.0553 e. The molecular formula is C9H15NO. The van der Waals surface area contributed by atoms with Crippen molar-refractivity contribution < 1.29 is 5.11 Å². The summed E-state index contributed by atoms with van der Waals surface area (Å²) in [7, 11) is 0. The van der Waals surface area contributed by atoms with Gasteiger partial charge in [0.15, 0.2) is 0 Å². The molecule has 62 valence electrons. The van der Waals surface area contributed by atoms with Crippen molar-refractivity contribution in [1.82, 2.24) is 4.98 Å². The van der Waals surface area contributed by atoms with Gasteiger partial charge in [0.1, 0.15) is 0 Å². The number of aliphatic hydroxyl groups excluding tert-OH is 1. The molecule has 0 bridgehead atoms. The Morgan fingerprint density at radius 3 is 2.55 bits per heavy atom. The van der Waals surface area contributed by atoms with E-state index >= 15 is 0 Å². The van der Waals surface area contributed by atoms with Crippen molar-refractivity contribution in [2.24, 2.45) is 0 Å². The average Bonchev–Trinajstić information content (AvgIpc) is 2.09. The number of hydrogen-bond acceptors (Lipinski definition) is 1. The number of aromatic amines is 1. The van der Waals surface area contributed by atoms with Gasteiger partial charge in [-0.3, -0.25) is 0 Å². The Balaban J connectivity index is 2.77. The van der Waals surface area contributed by atoms with Gasteiger partial charge in [-0.15, -0.1) is 0 Å². The van der Waals surface area contributed by atoms with Gasteiger partial charge in [-0.25, -0.2) is 0 Å². The maximum absolute atomic E-state index is 9.13. The Bertz CT molecular complexity index is 238. The lowest BCUT2D eigenvalue weighted by Gasteiger charge is -2.01. The molecule has 1 aromatic rings. The van der Waals surface area contributed by atoms with E-state index in [1.54, 1.807) is 0 Å². The van der Waals surface area contributed by atoms with Gasteiger partial charge in [-0.1, -0.05) is 0 Å². The van der Waals surface area contributed by atoms with Crippen molar-refractivity contribution in [2.45, 2.75) is 33.3 Å². The molecule has 1 aromatic heterocycles. The molecule has 0 aliphatic carbocycles. The number of H-pyrrole nitrogens is 1. The molecule has 0 saturated heterocycles. The van der Waals surface area contributed by atoms with Gasteiger partial charge in [0.25, 0.3) is 0 Å². The second-order valence-corrected chi connectivity index (χ2v) is 3.16. The zero-order chi connectivity index (χ0) is 8.43. The predicted molar refractivity (Wildman–Crippen MR) is 45.7 cm³/mol. The van der Waals surface area contributed by atoms with Gasteiger partial charge in [-0.05, 0) is 38.8 Å². The fourth-order valence-electron chi connectivity index (χ4n) is 1.31. The summed E-state index contributed by atoms with van der Waals surface area (Å²) in [5.41, 5.74) is 3.55. The molecule has 2 heteroatoms. The van der Waals surface area contributed by atoms with Crippen LogP contribution in [-0.2, 0) is 6.42 Å². The number of rotatable bonds is 2. The Hall–Kier alpha value is -0.760. The molecule has 0 unspecified atom stereocenters. The van der Waals surface area contributed by atoms with E-state index in [-0.39, 0.29) is 6.10 Å². The van der Waals surface area contributed by atoms with Crippen LogP contribution < -0.4 is 0 Å². The SMILES string of the molecule is Cc1cc(C[C@@H](C)O)c(C)[nH]1. The topological polar surface area (TPSA) is 36.0 Å². The Labute approximate surface area is 67.3 Å². The van der Waals surface area contributed by atoms with Crippen LogP contribution in [0.25, 0.3) is 0 Å². The van der Waals surface area contributed by atoms with E-state index in [9.17, 15) is 0 Å². The number of hydrogen-bond donors (Lipinski definition) is 2. The summed E-state index contributed by atoms with van der Waals surface area (Å²) in [4.78, 5) is 3.20. The molecule has 11 heavy (non-hydrogen) atoms. The molecule has 0 aliphatic heterocycles. The molecule has 0 amide bonds. The van der Waals surface area contributed by atoms with Crippen LogP contribution >= 0.6 is 0 Å². The lowest BCUT2D eigenvalue weighted by Crippen LogP contribution is -2.04. The van der Waals surface area contributed by atoms with E-state index in [0.29, 0.717) is 0 Å². The average molecular weight is 153 g/mol. The normalized spacial score (nSPS) is 13.5. The molecule has 1 heterocycles. The predicted octanol–water partition coefficient (Wildman–Crippen LogP) is 1.55. The van der Waals surface area contributed by atoms with Crippen LogP contribution in [0.2, 0.25) is 0 Å². The van der Waals surface area contributed by atoms with Crippen LogP contribution in [0.3, 0.4) is 0 Å². The minimum absolute atomic E-state index is 0.246. The van der Waals surface area contributed by atoms with Gasteiger partial charge < -0.3 is 10.1 Å². The van der Waals surface area contributed by atoms with Crippen molar-refractivity contribution in [3.8, 4) is 0 Å². The zero-order valence-electron chi connectivity index (χ0n) is 7.31. The zero-order valence-corrected chi connectivity index (χ0v) is 7.31. The van der Waals surface area contributed by atoms with Crippen molar-refractivity contribution >= 4 is 0 Å². The monoisotopic (exact) mass is 153 g/mol. The maximum atomic E-state index is 9.13. The second-order valence-electron chi connectivity index (χ2n) is 3.16. The highest BCUT2D eigenvalue weighted by molar-refractivity contribution is 5.24. The fraction of sp³-hybridized carbons (Fsp3) is 0.556. The molecule has 0 fully saturated rings. The molecule has 0 aliphatic rings. The minimum atomic E-state index is -0.246. The first kappa shape index (κ1) is 8.34. The summed E-state index contributed by atoms with van der Waals surface area (Å²) in [6, 6.07) is 2.09. The molecule has 0 aromatic carbocycles. The highest BCUT2D eigenvalue weighted by atomic mass is 16.3. The van der Waals surface area contributed by atoms with Crippen LogP contribution in [-0.4, -0.2) is 16.2 Å². The third kappa shape index (κ3) is 2.09. The molecular weight excluding hydrogens is 138 g/mol. The van der Waals surface area contributed by atoms with Gasteiger partial charge in [-0.2, -0.15) is 0 Å². The first-order valence-electron chi connectivity index (χ1n) is 3.92. The summed E-state index contributed by atoms with van der Waals surface area (Å²) >= 11 is 0. The molecule has 0 saturated carbocycles. The van der Waals surface area contributed by atoms with Crippen LogP contribution in [0.4, 0.5) is 0 Å². The minimum Gasteiger partial charge on any atom is -0.393 e. The summed E-state index contributed by atoms with van der Waals surface area (Å²) < 4.78 is 0. The van der Waals surface area contributed by atoms with E-state index in [0.717, 1.165) is 12.1 Å². The van der Waals surface area contributed by atoms with E-state index in [2.05, 4.69) is 11.1 Å². The fourth-order valence-corrected chi connectivity index (χ4v) is 1.31. The first-order valence-corrected chi connectivity index (χ1v) is 3.92. The van der Waals surface area contributed by atoms with Crippen LogP contribution in [0, 0.1) is 13.8 Å². The molecule has 0 radical (unpaired) electrons. The molecule has 1 rings (SSSR count). The van der Waals surface area contributed by atoms with Crippen LogP contribution in [0.5, 0.6) is 0 Å². The Kier molecular flexibility index (Phi) is 2.35. The van der Waals surface area contributed by atoms with Crippen molar-refractivity contribution in [3.05, 3.63) is 23.0 Å². The molecule has 1 atom stereocenters. The van der Waals surface area contributed by atoms with Crippen molar-refractivity contribution in [3.63, 3.8) is 0 Å². The Morgan fingerprint density at radius 1 is 1.55 bits per heavy atom. The lowest BCUT2D eigenvalue weighted by atomic mass is 10.1. The van der Waals surface area contributed by atoms with Gasteiger partial charge in [0.05, 0.1) is 6.10 Å². The number of aliphatic hydroxyl groups is 1. The van der Waals surface area contributed by atoms with E-state index < -0.39 is 0 Å². The summed E-state index contributed by atoms with van der Waals surface area (Å²) in [5.74, 6) is 0. The number of nitrogens with one attached hydrogen (secondary N) is 1. The van der Waals surface area contributed by atoms with Gasteiger partial charge in [0, 0.05) is 11.4 Å². The summed E-state index contributed by atoms with van der Waals surface area (Å²) in [6.07, 6.45) is 0.500. The van der Waals surface area contributed by atoms with E-state index in [1.165, 1.54) is 11.3 Å². The number of aromatic nitrogens is 1. The van der Waals surface area contributed by atoms with Gasteiger partial charge in [0.2, 0.25) is 0 Å². The van der Waals surface area contributed by atoms with Gasteiger partial charge >= 0.3 is 0 Å². The van der Waals surface area contributed by atoms with Crippen molar-refractivity contribution in [2.75, 3.05) is 0 Å². The molecule has 2 nitrogen and oxygen atoms in total. The largest absolute Gasteiger partial charge is 0.393 e. The van der Waals surface area contributed by atoms with E-state index in [4.69, 9.17) is 5.11 Å². The third-order valence-corrected chi connectivity index (χ3v) is 1.77. The molecule has 0 spiro atoms. The van der Waals surface area contributed by atoms with Crippen LogP contribution in [0.1, 0.15) is 23.9 Å². The second kappa shape index (κ2) is 3.09. The molecule has 2 N–H and O–H groups in total. The number of aryl methyl sites for hydroxylation is 2. The highest BCUT2D eigenvalue weighted by Gasteiger charge is 2.04. The quantitative estimate of drug-likeness (QED) is 0.664. The standard InChI is InChI=1S/C9H15NO/c1-6-4-9(5-7(2)11)8(3)10-6/h4,7,10-11H,5H2,1-3H3/t7-/m1/s1.